The summed E-state index contributed by atoms with van der Waals surface area (Å²) in [4.78, 5) is 12.3. The summed E-state index contributed by atoms with van der Waals surface area (Å²) in [6, 6.07) is 10.1. The molecule has 0 aliphatic rings. The van der Waals surface area contributed by atoms with Gasteiger partial charge in [-0.2, -0.15) is 13.2 Å². The third-order valence-corrected chi connectivity index (χ3v) is 3.71. The number of fused-ring (bicyclic) bond motifs is 1. The Bertz CT molecular complexity index is 928. The van der Waals surface area contributed by atoms with Crippen LogP contribution in [-0.4, -0.2) is 10.5 Å². The van der Waals surface area contributed by atoms with Gasteiger partial charge in [-0.05, 0) is 36.4 Å². The molecule has 0 unspecified atom stereocenters. The Hall–Kier alpha value is -2.83. The van der Waals surface area contributed by atoms with Crippen molar-refractivity contribution in [3.8, 4) is 0 Å². The number of halogens is 4. The number of carbonyl (C=O) groups excluding carboxylic acids is 1. The van der Waals surface area contributed by atoms with Gasteiger partial charge in [-0.25, -0.2) is 4.39 Å². The van der Waals surface area contributed by atoms with E-state index in [1.807, 2.05) is 0 Å². The van der Waals surface area contributed by atoms with Gasteiger partial charge in [0, 0.05) is 18.1 Å². The van der Waals surface area contributed by atoms with Crippen LogP contribution in [0.3, 0.4) is 0 Å². The van der Waals surface area contributed by atoms with Crippen LogP contribution < -0.4 is 5.32 Å². The van der Waals surface area contributed by atoms with Crippen molar-refractivity contribution in [2.24, 2.45) is 7.05 Å². The van der Waals surface area contributed by atoms with E-state index in [1.165, 1.54) is 34.9 Å². The minimum Gasteiger partial charge on any atom is -0.340 e. The molecule has 2 aromatic carbocycles. The second-order valence-corrected chi connectivity index (χ2v) is 5.29. The van der Waals surface area contributed by atoms with Gasteiger partial charge in [0.1, 0.15) is 11.5 Å². The standard InChI is InChI=1S/C17H12F4N2O/c1-23-14-7-3-6-13(18)12(14)9-15(23)16(24)22-11-5-2-4-10(8-11)17(19,20)21/h2-9H,1H3,(H,22,24). The second-order valence-electron chi connectivity index (χ2n) is 5.29. The summed E-state index contributed by atoms with van der Waals surface area (Å²) in [5.74, 6) is -1.09. The number of carbonyl (C=O) groups is 1. The Kier molecular flexibility index (Phi) is 3.79. The maximum absolute atomic E-state index is 13.8. The van der Waals surface area contributed by atoms with Crippen LogP contribution in [-0.2, 0) is 13.2 Å². The molecule has 3 rings (SSSR count). The molecule has 0 bridgehead atoms. The first kappa shape index (κ1) is 16.0. The van der Waals surface area contributed by atoms with Crippen LogP contribution in [0.25, 0.3) is 10.9 Å². The molecule has 24 heavy (non-hydrogen) atoms. The number of rotatable bonds is 2. The van der Waals surface area contributed by atoms with Crippen LogP contribution in [0.4, 0.5) is 23.2 Å². The molecule has 3 aromatic rings. The minimum absolute atomic E-state index is 0.0144. The van der Waals surface area contributed by atoms with E-state index in [9.17, 15) is 22.4 Å². The molecule has 1 heterocycles. The van der Waals surface area contributed by atoms with Crippen molar-refractivity contribution in [2.45, 2.75) is 6.18 Å². The van der Waals surface area contributed by atoms with Crippen LogP contribution in [0.2, 0.25) is 0 Å². The number of alkyl halides is 3. The Morgan fingerprint density at radius 3 is 2.46 bits per heavy atom. The van der Waals surface area contributed by atoms with E-state index in [2.05, 4.69) is 5.32 Å². The number of anilines is 1. The molecular formula is C17H12F4N2O. The molecule has 0 spiro atoms. The number of hydrogen-bond acceptors (Lipinski definition) is 1. The largest absolute Gasteiger partial charge is 0.416 e. The lowest BCUT2D eigenvalue weighted by molar-refractivity contribution is -0.137. The molecule has 0 aliphatic carbocycles. The van der Waals surface area contributed by atoms with E-state index < -0.39 is 23.5 Å². The lowest BCUT2D eigenvalue weighted by Crippen LogP contribution is -2.16. The molecule has 1 N–H and O–H groups in total. The van der Waals surface area contributed by atoms with Crippen molar-refractivity contribution in [3.05, 3.63) is 65.6 Å². The lowest BCUT2D eigenvalue weighted by atomic mass is 10.2. The first-order chi connectivity index (χ1) is 11.3. The third-order valence-electron chi connectivity index (χ3n) is 3.71. The van der Waals surface area contributed by atoms with Crippen molar-refractivity contribution in [3.63, 3.8) is 0 Å². The van der Waals surface area contributed by atoms with Crippen LogP contribution >= 0.6 is 0 Å². The van der Waals surface area contributed by atoms with Crippen molar-refractivity contribution in [1.29, 1.82) is 0 Å². The normalized spacial score (nSPS) is 11.7. The number of benzene rings is 2. The third kappa shape index (κ3) is 2.84. The minimum atomic E-state index is -4.50. The highest BCUT2D eigenvalue weighted by atomic mass is 19.4. The molecule has 1 aromatic heterocycles. The van der Waals surface area contributed by atoms with E-state index >= 15 is 0 Å². The molecule has 0 fully saturated rings. The van der Waals surface area contributed by atoms with E-state index in [-0.39, 0.29) is 16.8 Å². The van der Waals surface area contributed by atoms with E-state index in [0.717, 1.165) is 12.1 Å². The maximum atomic E-state index is 13.8. The monoisotopic (exact) mass is 336 g/mol. The van der Waals surface area contributed by atoms with Gasteiger partial charge in [0.2, 0.25) is 0 Å². The summed E-state index contributed by atoms with van der Waals surface area (Å²) in [5, 5.41) is 2.68. The summed E-state index contributed by atoms with van der Waals surface area (Å²) >= 11 is 0. The van der Waals surface area contributed by atoms with Crippen molar-refractivity contribution in [1.82, 2.24) is 4.57 Å². The van der Waals surface area contributed by atoms with Gasteiger partial charge in [0.15, 0.2) is 0 Å². The summed E-state index contributed by atoms with van der Waals surface area (Å²) in [6.07, 6.45) is -4.50. The van der Waals surface area contributed by atoms with E-state index in [4.69, 9.17) is 0 Å². The fraction of sp³-hybridized carbons (Fsp3) is 0.118. The topological polar surface area (TPSA) is 34.0 Å². The Morgan fingerprint density at radius 2 is 1.79 bits per heavy atom. The molecule has 0 saturated carbocycles. The zero-order valence-electron chi connectivity index (χ0n) is 12.5. The average Bonchev–Trinajstić information content (AvgIpc) is 2.86. The van der Waals surface area contributed by atoms with E-state index in [0.29, 0.717) is 5.52 Å². The molecule has 1 amide bonds. The Morgan fingerprint density at radius 1 is 1.08 bits per heavy atom. The second kappa shape index (κ2) is 5.67. The number of aryl methyl sites for hydroxylation is 1. The van der Waals surface area contributed by atoms with Gasteiger partial charge in [0.05, 0.1) is 11.1 Å². The van der Waals surface area contributed by atoms with Gasteiger partial charge in [-0.15, -0.1) is 0 Å². The molecule has 0 saturated heterocycles. The van der Waals surface area contributed by atoms with Crippen LogP contribution in [0, 0.1) is 5.82 Å². The predicted molar refractivity (Wildman–Crippen MR) is 82.3 cm³/mol. The molecule has 124 valence electrons. The zero-order valence-corrected chi connectivity index (χ0v) is 12.5. The quantitative estimate of drug-likeness (QED) is 0.683. The first-order valence-corrected chi connectivity index (χ1v) is 7.00. The number of amides is 1. The SMILES string of the molecule is Cn1c(C(=O)Nc2cccc(C(F)(F)F)c2)cc2c(F)cccc21. The zero-order chi connectivity index (χ0) is 17.5. The van der Waals surface area contributed by atoms with Gasteiger partial charge >= 0.3 is 6.18 Å². The maximum Gasteiger partial charge on any atom is 0.416 e. The first-order valence-electron chi connectivity index (χ1n) is 7.00. The molecule has 0 aliphatic heterocycles. The summed E-state index contributed by atoms with van der Waals surface area (Å²) < 4.78 is 53.4. The van der Waals surface area contributed by atoms with Gasteiger partial charge in [-0.3, -0.25) is 4.79 Å². The van der Waals surface area contributed by atoms with Crippen LogP contribution in [0.5, 0.6) is 0 Å². The van der Waals surface area contributed by atoms with Gasteiger partial charge < -0.3 is 9.88 Å². The van der Waals surface area contributed by atoms with E-state index in [1.54, 1.807) is 13.1 Å². The highest BCUT2D eigenvalue weighted by Crippen LogP contribution is 2.31. The van der Waals surface area contributed by atoms with Crippen molar-refractivity contribution in [2.75, 3.05) is 5.32 Å². The number of hydrogen-bond donors (Lipinski definition) is 1. The molecule has 7 heteroatoms. The molecular weight excluding hydrogens is 324 g/mol. The predicted octanol–water partition coefficient (Wildman–Crippen LogP) is 4.59. The Balaban J connectivity index is 1.94. The fourth-order valence-corrected chi connectivity index (χ4v) is 2.51. The Labute approximate surface area is 134 Å². The molecule has 3 nitrogen and oxygen atoms in total. The van der Waals surface area contributed by atoms with Crippen LogP contribution in [0.15, 0.2) is 48.5 Å². The van der Waals surface area contributed by atoms with Crippen LogP contribution in [0.1, 0.15) is 16.1 Å². The summed E-state index contributed by atoms with van der Waals surface area (Å²) in [5.41, 5.74) is -0.180. The number of nitrogens with zero attached hydrogens (tertiary/aromatic N) is 1. The number of nitrogens with one attached hydrogen (secondary N) is 1. The molecule has 0 radical (unpaired) electrons. The highest BCUT2D eigenvalue weighted by molar-refractivity contribution is 6.06. The fourth-order valence-electron chi connectivity index (χ4n) is 2.51. The van der Waals surface area contributed by atoms with Gasteiger partial charge in [0.25, 0.3) is 5.91 Å². The smallest absolute Gasteiger partial charge is 0.340 e. The highest BCUT2D eigenvalue weighted by Gasteiger charge is 2.30. The summed E-state index contributed by atoms with van der Waals surface area (Å²) in [7, 11) is 1.59. The number of aromatic nitrogens is 1. The molecule has 0 atom stereocenters. The summed E-state index contributed by atoms with van der Waals surface area (Å²) in [6.45, 7) is 0. The van der Waals surface area contributed by atoms with Crippen molar-refractivity contribution < 1.29 is 22.4 Å². The van der Waals surface area contributed by atoms with Gasteiger partial charge in [-0.1, -0.05) is 12.1 Å². The lowest BCUT2D eigenvalue weighted by Gasteiger charge is -2.10. The average molecular weight is 336 g/mol. The van der Waals surface area contributed by atoms with Crippen molar-refractivity contribution >= 4 is 22.5 Å².